The Morgan fingerprint density at radius 2 is 1.68 bits per heavy atom. The molecule has 1 amide bonds. The Kier molecular flexibility index (Phi) is 8.90. The first-order chi connectivity index (χ1) is 19.6. The van der Waals surface area contributed by atoms with Crippen molar-refractivity contribution in [3.05, 3.63) is 93.5 Å². The van der Waals surface area contributed by atoms with Crippen molar-refractivity contribution in [1.82, 2.24) is 4.98 Å². The highest BCUT2D eigenvalue weighted by Crippen LogP contribution is 2.39. The van der Waals surface area contributed by atoms with Gasteiger partial charge in [-0.25, -0.2) is 4.98 Å². The zero-order valence-electron chi connectivity index (χ0n) is 23.2. The quantitative estimate of drug-likeness (QED) is 0.131. The SMILES string of the molecule is COc1ccc(-c2cc(-c3ccc(C)cc3)nc(SC(C)C(=O)Nc3ccc(C)c([N+](=O)[O-])c3)c2C#N)cc1OC. The predicted octanol–water partition coefficient (Wildman–Crippen LogP) is 6.95. The van der Waals surface area contributed by atoms with Crippen molar-refractivity contribution in [1.29, 1.82) is 5.26 Å². The van der Waals surface area contributed by atoms with Gasteiger partial charge in [-0.2, -0.15) is 5.26 Å². The molecule has 4 rings (SSSR count). The Bertz CT molecular complexity index is 1660. The molecule has 41 heavy (non-hydrogen) atoms. The summed E-state index contributed by atoms with van der Waals surface area (Å²) in [7, 11) is 3.09. The van der Waals surface area contributed by atoms with Gasteiger partial charge in [0, 0.05) is 28.4 Å². The maximum Gasteiger partial charge on any atom is 0.274 e. The third-order valence-electron chi connectivity index (χ3n) is 6.47. The van der Waals surface area contributed by atoms with Gasteiger partial charge in [-0.1, -0.05) is 53.7 Å². The minimum Gasteiger partial charge on any atom is -0.493 e. The minimum atomic E-state index is -0.679. The van der Waals surface area contributed by atoms with E-state index >= 15 is 0 Å². The van der Waals surface area contributed by atoms with Gasteiger partial charge in [0.15, 0.2) is 11.5 Å². The summed E-state index contributed by atoms with van der Waals surface area (Å²) in [5.74, 6) is 0.683. The van der Waals surface area contributed by atoms with Crippen LogP contribution in [0.5, 0.6) is 11.5 Å². The molecule has 0 aliphatic carbocycles. The van der Waals surface area contributed by atoms with Crippen LogP contribution in [0.15, 0.2) is 71.8 Å². The first-order valence-corrected chi connectivity index (χ1v) is 13.5. The lowest BCUT2D eigenvalue weighted by Crippen LogP contribution is -2.22. The van der Waals surface area contributed by atoms with Gasteiger partial charge in [0.2, 0.25) is 5.91 Å². The fraction of sp³-hybridized carbons (Fsp3) is 0.194. The highest BCUT2D eigenvalue weighted by Gasteiger charge is 2.23. The first kappa shape index (κ1) is 29.1. The predicted molar refractivity (Wildman–Crippen MR) is 159 cm³/mol. The Hall–Kier alpha value is -4.88. The van der Waals surface area contributed by atoms with E-state index in [-0.39, 0.29) is 11.6 Å². The number of benzene rings is 3. The van der Waals surface area contributed by atoms with Gasteiger partial charge in [0.05, 0.1) is 35.7 Å². The van der Waals surface area contributed by atoms with Crippen molar-refractivity contribution >= 4 is 29.0 Å². The summed E-state index contributed by atoms with van der Waals surface area (Å²) in [5.41, 5.74) is 4.97. The Labute approximate surface area is 242 Å². The zero-order chi connectivity index (χ0) is 29.7. The summed E-state index contributed by atoms with van der Waals surface area (Å²) in [5, 5.41) is 24.0. The molecule has 208 valence electrons. The maximum absolute atomic E-state index is 13.1. The molecule has 1 N–H and O–H groups in total. The third-order valence-corrected chi connectivity index (χ3v) is 7.56. The Morgan fingerprint density at radius 1 is 1.00 bits per heavy atom. The molecule has 1 unspecified atom stereocenters. The number of nitrogens with one attached hydrogen (secondary N) is 1. The fourth-order valence-electron chi connectivity index (χ4n) is 4.17. The Balaban J connectivity index is 1.75. The molecule has 3 aromatic carbocycles. The molecule has 1 aromatic heterocycles. The van der Waals surface area contributed by atoms with Gasteiger partial charge < -0.3 is 14.8 Å². The number of ether oxygens (including phenoxy) is 2. The van der Waals surface area contributed by atoms with Gasteiger partial charge in [-0.3, -0.25) is 14.9 Å². The van der Waals surface area contributed by atoms with E-state index in [4.69, 9.17) is 14.5 Å². The number of methoxy groups -OCH3 is 2. The van der Waals surface area contributed by atoms with Crippen molar-refractivity contribution in [2.45, 2.75) is 31.0 Å². The molecule has 0 radical (unpaired) electrons. The molecule has 0 aliphatic heterocycles. The van der Waals surface area contributed by atoms with E-state index in [0.29, 0.717) is 44.6 Å². The molecule has 10 heteroatoms. The standard InChI is InChI=1S/C31H28N4O5S/c1-18-6-9-21(10-7-18)26-16-24(22-11-13-28(39-4)29(14-22)40-5)25(17-32)31(34-26)41-20(3)30(36)33-23-12-8-19(2)27(15-23)35(37)38/h6-16,20H,1-5H3,(H,33,36). The molecule has 9 nitrogen and oxygen atoms in total. The lowest BCUT2D eigenvalue weighted by atomic mass is 9.98. The zero-order valence-corrected chi connectivity index (χ0v) is 24.0. The number of pyridine rings is 1. The summed E-state index contributed by atoms with van der Waals surface area (Å²) in [6.45, 7) is 5.32. The molecule has 4 aromatic rings. The number of hydrogen-bond acceptors (Lipinski definition) is 8. The summed E-state index contributed by atoms with van der Waals surface area (Å²) >= 11 is 1.14. The number of carbonyl (C=O) groups is 1. The minimum absolute atomic E-state index is 0.0816. The van der Waals surface area contributed by atoms with Crippen LogP contribution in [0.1, 0.15) is 23.6 Å². The van der Waals surface area contributed by atoms with Crippen LogP contribution in [0.4, 0.5) is 11.4 Å². The summed E-state index contributed by atoms with van der Waals surface area (Å²) in [6.07, 6.45) is 0. The number of rotatable bonds is 9. The van der Waals surface area contributed by atoms with Crippen LogP contribution in [0.25, 0.3) is 22.4 Å². The second-order valence-electron chi connectivity index (χ2n) is 9.29. The molecule has 0 saturated heterocycles. The number of anilines is 1. The van der Waals surface area contributed by atoms with Gasteiger partial charge >= 0.3 is 0 Å². The molecule has 0 bridgehead atoms. The van der Waals surface area contributed by atoms with E-state index in [2.05, 4.69) is 11.4 Å². The van der Waals surface area contributed by atoms with Gasteiger partial charge in [0.1, 0.15) is 11.1 Å². The number of aromatic nitrogens is 1. The molecule has 1 heterocycles. The normalized spacial score (nSPS) is 11.3. The number of carbonyl (C=O) groups excluding carboxylic acids is 1. The van der Waals surface area contributed by atoms with Gasteiger partial charge in [-0.05, 0) is 50.6 Å². The van der Waals surface area contributed by atoms with Crippen LogP contribution in [0.2, 0.25) is 0 Å². The molecule has 1 atom stereocenters. The second-order valence-corrected chi connectivity index (χ2v) is 10.6. The summed E-state index contributed by atoms with van der Waals surface area (Å²) in [6, 6.07) is 21.9. The fourth-order valence-corrected chi connectivity index (χ4v) is 5.09. The van der Waals surface area contributed by atoms with Crippen molar-refractivity contribution in [3.8, 4) is 40.0 Å². The smallest absolute Gasteiger partial charge is 0.274 e. The lowest BCUT2D eigenvalue weighted by Gasteiger charge is -2.17. The highest BCUT2D eigenvalue weighted by molar-refractivity contribution is 8.00. The number of aryl methyl sites for hydroxylation is 2. The average molecular weight is 569 g/mol. The summed E-state index contributed by atoms with van der Waals surface area (Å²) < 4.78 is 10.9. The van der Waals surface area contributed by atoms with Crippen LogP contribution < -0.4 is 14.8 Å². The number of amides is 1. The van der Waals surface area contributed by atoms with E-state index in [0.717, 1.165) is 28.5 Å². The van der Waals surface area contributed by atoms with Crippen molar-refractivity contribution in [3.63, 3.8) is 0 Å². The monoisotopic (exact) mass is 568 g/mol. The van der Waals surface area contributed by atoms with Crippen molar-refractivity contribution < 1.29 is 19.2 Å². The lowest BCUT2D eigenvalue weighted by molar-refractivity contribution is -0.385. The van der Waals surface area contributed by atoms with Gasteiger partial charge in [0.25, 0.3) is 5.69 Å². The highest BCUT2D eigenvalue weighted by atomic mass is 32.2. The molecule has 0 spiro atoms. The van der Waals surface area contributed by atoms with E-state index in [1.54, 1.807) is 52.3 Å². The third kappa shape index (κ3) is 6.48. The van der Waals surface area contributed by atoms with Crippen LogP contribution >= 0.6 is 11.8 Å². The van der Waals surface area contributed by atoms with E-state index in [1.807, 2.05) is 43.3 Å². The van der Waals surface area contributed by atoms with Crippen molar-refractivity contribution in [2.75, 3.05) is 19.5 Å². The van der Waals surface area contributed by atoms with Crippen LogP contribution in [-0.2, 0) is 4.79 Å². The molecule has 0 aliphatic rings. The van der Waals surface area contributed by atoms with E-state index in [9.17, 15) is 20.2 Å². The number of thioether (sulfide) groups is 1. The van der Waals surface area contributed by atoms with Crippen LogP contribution in [0, 0.1) is 35.3 Å². The van der Waals surface area contributed by atoms with Crippen LogP contribution in [-0.4, -0.2) is 35.3 Å². The first-order valence-electron chi connectivity index (χ1n) is 12.6. The number of nitrogens with zero attached hydrogens (tertiary/aromatic N) is 3. The van der Waals surface area contributed by atoms with Gasteiger partial charge in [-0.15, -0.1) is 0 Å². The summed E-state index contributed by atoms with van der Waals surface area (Å²) in [4.78, 5) is 28.8. The average Bonchev–Trinajstić information content (AvgIpc) is 2.97. The number of nitro groups is 1. The maximum atomic E-state index is 13.1. The molecular weight excluding hydrogens is 540 g/mol. The van der Waals surface area contributed by atoms with E-state index in [1.165, 1.54) is 6.07 Å². The number of nitriles is 1. The Morgan fingerprint density at radius 3 is 2.32 bits per heavy atom. The number of nitro benzene ring substituents is 1. The molecule has 0 fully saturated rings. The second kappa shape index (κ2) is 12.5. The largest absolute Gasteiger partial charge is 0.493 e. The van der Waals surface area contributed by atoms with Crippen LogP contribution in [0.3, 0.4) is 0 Å². The topological polar surface area (TPSA) is 127 Å². The van der Waals surface area contributed by atoms with Crippen molar-refractivity contribution in [2.24, 2.45) is 0 Å². The van der Waals surface area contributed by atoms with E-state index < -0.39 is 10.2 Å². The molecule has 0 saturated carbocycles. The molecular formula is C31H28N4O5S. The number of hydrogen-bond donors (Lipinski definition) is 1.